The second kappa shape index (κ2) is 21.4. The number of hydrogen-bond donors (Lipinski definition) is 0. The van der Waals surface area contributed by atoms with Gasteiger partial charge >= 0.3 is 0 Å². The van der Waals surface area contributed by atoms with E-state index < -0.39 is 0 Å². The van der Waals surface area contributed by atoms with E-state index in [4.69, 9.17) is 29.9 Å². The van der Waals surface area contributed by atoms with Gasteiger partial charge in [-0.3, -0.25) is 0 Å². The molecule has 0 aliphatic carbocycles. The number of hydrogen-bond acceptors (Lipinski definition) is 6. The molecule has 6 aromatic heterocycles. The first-order chi connectivity index (χ1) is 46.7. The second-order valence-electron chi connectivity index (χ2n) is 23.7. The monoisotopic (exact) mass is 1200 g/mol. The van der Waals surface area contributed by atoms with Crippen LogP contribution in [0.25, 0.3) is 178 Å². The fourth-order valence-electron chi connectivity index (χ4n) is 14.5. The van der Waals surface area contributed by atoms with Gasteiger partial charge in [0.2, 0.25) is 0 Å². The molecule has 10 heteroatoms. The molecule has 0 unspecified atom stereocenters. The van der Waals surface area contributed by atoms with Gasteiger partial charge in [0, 0.05) is 65.3 Å². The quantitative estimate of drug-likeness (QED) is 0.135. The number of fused-ring (bicyclic) bond motifs is 12. The molecule has 0 radical (unpaired) electrons. The number of rotatable bonds is 10. The summed E-state index contributed by atoms with van der Waals surface area (Å²) in [5, 5.41) is 8.64. The Bertz CT molecular complexity index is 5630. The van der Waals surface area contributed by atoms with Crippen molar-refractivity contribution in [3.63, 3.8) is 0 Å². The summed E-state index contributed by atoms with van der Waals surface area (Å²) in [5.74, 6) is 2.90. The van der Waals surface area contributed by atoms with Gasteiger partial charge in [-0.2, -0.15) is 0 Å². The van der Waals surface area contributed by atoms with E-state index in [0.717, 1.165) is 132 Å². The summed E-state index contributed by atoms with van der Waals surface area (Å²) < 4.78 is 9.93. The maximum atomic E-state index is 5.95. The summed E-state index contributed by atoms with van der Waals surface area (Å²) in [4.78, 5) is 34.7. The molecule has 10 nitrogen and oxygen atoms in total. The standard InChI is InChI=1S/C84H52N10/c1-5-29-53(30-6-1)79-85-80(54-31-7-2-8-32-54)88-83(87-79)73-75(91-65-45-21-13-37-57(65)58-38-14-22-46-66(58)91)74(84-89-81(55-33-9-3-10-34-55)86-82(90-84)56-35-11-4-12-36-56)77(93-69-49-25-17-41-61(69)62-42-18-26-50-70(62)93)78(94-71-51-27-19-43-63(71)64-44-20-28-52-72(64)94)76(73)92-67-47-23-15-39-59(67)60-40-16-24-48-68(60)92/h1-52H. The minimum Gasteiger partial charge on any atom is -0.308 e. The lowest BCUT2D eigenvalue weighted by Gasteiger charge is -2.30. The van der Waals surface area contributed by atoms with Gasteiger partial charge in [-0.05, 0) is 48.5 Å². The molecule has 0 spiro atoms. The molecule has 438 valence electrons. The zero-order valence-corrected chi connectivity index (χ0v) is 50.5. The average molecular weight is 1200 g/mol. The van der Waals surface area contributed by atoms with Crippen molar-refractivity contribution in [1.29, 1.82) is 0 Å². The van der Waals surface area contributed by atoms with E-state index in [1.807, 2.05) is 72.8 Å². The van der Waals surface area contributed by atoms with Crippen molar-refractivity contribution in [2.24, 2.45) is 0 Å². The van der Waals surface area contributed by atoms with Crippen LogP contribution in [0.3, 0.4) is 0 Å². The fourth-order valence-corrected chi connectivity index (χ4v) is 14.5. The summed E-state index contributed by atoms with van der Waals surface area (Å²) in [7, 11) is 0. The van der Waals surface area contributed by atoms with Gasteiger partial charge in [-0.15, -0.1) is 0 Å². The molecule has 0 aliphatic rings. The van der Waals surface area contributed by atoms with Crippen LogP contribution < -0.4 is 0 Å². The Morgan fingerprint density at radius 1 is 0.149 bits per heavy atom. The van der Waals surface area contributed by atoms with Gasteiger partial charge in [0.1, 0.15) is 0 Å². The van der Waals surface area contributed by atoms with E-state index in [1.165, 1.54) is 0 Å². The normalized spacial score (nSPS) is 11.8. The molecule has 13 aromatic carbocycles. The second-order valence-corrected chi connectivity index (χ2v) is 23.7. The van der Waals surface area contributed by atoms with Crippen LogP contribution >= 0.6 is 0 Å². The number of nitrogens with zero attached hydrogens (tertiary/aromatic N) is 10. The lowest BCUT2D eigenvalue weighted by Crippen LogP contribution is -2.18. The zero-order chi connectivity index (χ0) is 61.8. The highest BCUT2D eigenvalue weighted by molar-refractivity contribution is 6.18. The number of benzene rings is 13. The zero-order valence-electron chi connectivity index (χ0n) is 50.5. The molecule has 0 atom stereocenters. The lowest BCUT2D eigenvalue weighted by atomic mass is 9.95. The van der Waals surface area contributed by atoms with Gasteiger partial charge < -0.3 is 18.3 Å². The molecule has 19 aromatic rings. The SMILES string of the molecule is c1ccc(-c2nc(-c3ccccc3)nc(-c3c(-n4c5ccccc5c5ccccc54)c(-c4nc(-c5ccccc5)nc(-c5ccccc5)n4)c(-n4c5ccccc5c5ccccc54)c(-n4c5ccccc5c5ccccc54)c3-n3c4ccccc4c4ccccc43)n2)cc1. The number of para-hydroxylation sites is 8. The van der Waals surface area contributed by atoms with E-state index in [0.29, 0.717) is 46.1 Å². The van der Waals surface area contributed by atoms with Crippen LogP contribution in [0.4, 0.5) is 0 Å². The molecule has 0 amide bonds. The summed E-state index contributed by atoms with van der Waals surface area (Å²) in [6, 6.07) is 111. The summed E-state index contributed by atoms with van der Waals surface area (Å²) in [5.41, 5.74) is 15.8. The highest BCUT2D eigenvalue weighted by Gasteiger charge is 2.38. The topological polar surface area (TPSA) is 97.1 Å². The van der Waals surface area contributed by atoms with E-state index in [2.05, 4.69) is 261 Å². The van der Waals surface area contributed by atoms with Gasteiger partial charge in [-0.1, -0.05) is 267 Å². The predicted molar refractivity (Wildman–Crippen MR) is 383 cm³/mol. The Kier molecular flexibility index (Phi) is 12.0. The molecule has 0 saturated carbocycles. The van der Waals surface area contributed by atoms with E-state index >= 15 is 0 Å². The Hall–Kier alpha value is -12.9. The number of aromatic nitrogens is 10. The maximum absolute atomic E-state index is 5.95. The third-order valence-electron chi connectivity index (χ3n) is 18.5. The first kappa shape index (κ1) is 53.0. The minimum atomic E-state index is 0.430. The van der Waals surface area contributed by atoms with Crippen LogP contribution in [0.1, 0.15) is 0 Å². The van der Waals surface area contributed by atoms with E-state index in [-0.39, 0.29) is 0 Å². The maximum Gasteiger partial charge on any atom is 0.168 e. The minimum absolute atomic E-state index is 0.430. The van der Waals surface area contributed by atoms with Crippen LogP contribution in [-0.2, 0) is 0 Å². The fraction of sp³-hybridized carbons (Fsp3) is 0. The smallest absolute Gasteiger partial charge is 0.168 e. The van der Waals surface area contributed by atoms with Crippen molar-refractivity contribution in [3.05, 3.63) is 315 Å². The van der Waals surface area contributed by atoms with Crippen LogP contribution in [-0.4, -0.2) is 48.2 Å². The first-order valence-electron chi connectivity index (χ1n) is 31.6. The first-order valence-corrected chi connectivity index (χ1v) is 31.6. The van der Waals surface area contributed by atoms with Crippen molar-refractivity contribution in [2.75, 3.05) is 0 Å². The molecule has 0 fully saturated rings. The molecule has 0 bridgehead atoms. The third kappa shape index (κ3) is 8.16. The predicted octanol–water partition coefficient (Wildman–Crippen LogP) is 20.4. The Morgan fingerprint density at radius 3 is 0.543 bits per heavy atom. The molecule has 94 heavy (non-hydrogen) atoms. The Balaban J connectivity index is 1.19. The summed E-state index contributed by atoms with van der Waals surface area (Å²) in [6.07, 6.45) is 0. The van der Waals surface area contributed by atoms with E-state index in [1.54, 1.807) is 0 Å². The summed E-state index contributed by atoms with van der Waals surface area (Å²) in [6.45, 7) is 0. The molecular formula is C84H52N10. The largest absolute Gasteiger partial charge is 0.308 e. The van der Waals surface area contributed by atoms with Crippen LogP contribution in [0, 0.1) is 0 Å². The van der Waals surface area contributed by atoms with Crippen LogP contribution in [0.15, 0.2) is 315 Å². The van der Waals surface area contributed by atoms with E-state index in [9.17, 15) is 0 Å². The van der Waals surface area contributed by atoms with Crippen molar-refractivity contribution in [1.82, 2.24) is 48.2 Å². The molecule has 19 rings (SSSR count). The van der Waals surface area contributed by atoms with Crippen LogP contribution in [0.5, 0.6) is 0 Å². The van der Waals surface area contributed by atoms with Crippen molar-refractivity contribution in [3.8, 4) is 91.1 Å². The van der Waals surface area contributed by atoms with Gasteiger partial charge in [-0.25, -0.2) is 29.9 Å². The van der Waals surface area contributed by atoms with Gasteiger partial charge in [0.25, 0.3) is 0 Å². The summed E-state index contributed by atoms with van der Waals surface area (Å²) >= 11 is 0. The van der Waals surface area contributed by atoms with Gasteiger partial charge in [0.15, 0.2) is 34.9 Å². The molecule has 0 saturated heterocycles. The highest BCUT2D eigenvalue weighted by atomic mass is 15.2. The molecular weight excluding hydrogens is 1150 g/mol. The van der Waals surface area contributed by atoms with Crippen molar-refractivity contribution < 1.29 is 0 Å². The molecule has 0 N–H and O–H groups in total. The molecule has 0 aliphatic heterocycles. The van der Waals surface area contributed by atoms with Gasteiger partial charge in [0.05, 0.1) is 78.0 Å². The third-order valence-corrected chi connectivity index (χ3v) is 18.5. The lowest BCUT2D eigenvalue weighted by molar-refractivity contribution is 1.01. The highest BCUT2D eigenvalue weighted by Crippen LogP contribution is 2.54. The average Bonchev–Trinajstić information content (AvgIpc) is 1.39. The van der Waals surface area contributed by atoms with Crippen molar-refractivity contribution >= 4 is 87.2 Å². The van der Waals surface area contributed by atoms with Crippen molar-refractivity contribution in [2.45, 2.75) is 0 Å². The molecule has 6 heterocycles. The van der Waals surface area contributed by atoms with Crippen LogP contribution in [0.2, 0.25) is 0 Å². The Morgan fingerprint density at radius 2 is 0.319 bits per heavy atom. The Labute approximate surface area is 538 Å².